The summed E-state index contributed by atoms with van der Waals surface area (Å²) in [5, 5.41) is 3.39. The van der Waals surface area contributed by atoms with E-state index in [4.69, 9.17) is 0 Å². The van der Waals surface area contributed by atoms with E-state index in [0.29, 0.717) is 0 Å². The fraction of sp³-hybridized carbons (Fsp3) is 0.357. The molecule has 0 amide bonds. The standard InChI is InChI=1S/C14H17N5/c1-3-12(11-16-5-1)13-4-7-17-14(18-13)19-9-2-6-15-8-10-19/h1,3-5,7,11,15H,2,6,8-10H2. The van der Waals surface area contributed by atoms with E-state index < -0.39 is 0 Å². The van der Waals surface area contributed by atoms with E-state index in [0.717, 1.165) is 49.8 Å². The van der Waals surface area contributed by atoms with E-state index in [2.05, 4.69) is 25.2 Å². The van der Waals surface area contributed by atoms with Crippen molar-refractivity contribution in [1.82, 2.24) is 20.3 Å². The number of nitrogens with zero attached hydrogens (tertiary/aromatic N) is 4. The summed E-state index contributed by atoms with van der Waals surface area (Å²) in [4.78, 5) is 15.4. The Kier molecular flexibility index (Phi) is 3.65. The lowest BCUT2D eigenvalue weighted by molar-refractivity contribution is 0.724. The molecule has 5 heteroatoms. The van der Waals surface area contributed by atoms with Crippen molar-refractivity contribution in [2.24, 2.45) is 0 Å². The minimum atomic E-state index is 0.810. The number of pyridine rings is 1. The van der Waals surface area contributed by atoms with Crippen molar-refractivity contribution >= 4 is 5.95 Å². The largest absolute Gasteiger partial charge is 0.339 e. The molecule has 0 unspecified atom stereocenters. The van der Waals surface area contributed by atoms with Gasteiger partial charge in [-0.3, -0.25) is 4.98 Å². The molecule has 1 aliphatic heterocycles. The molecular formula is C14H17N5. The monoisotopic (exact) mass is 255 g/mol. The fourth-order valence-corrected chi connectivity index (χ4v) is 2.22. The van der Waals surface area contributed by atoms with Crippen LogP contribution in [0.2, 0.25) is 0 Å². The minimum absolute atomic E-state index is 0.810. The highest BCUT2D eigenvalue weighted by atomic mass is 15.3. The molecule has 0 bridgehead atoms. The Hall–Kier alpha value is -2.01. The van der Waals surface area contributed by atoms with Crippen LogP contribution in [-0.2, 0) is 0 Å². The van der Waals surface area contributed by atoms with Crippen LogP contribution in [0.5, 0.6) is 0 Å². The molecule has 3 rings (SSSR count). The van der Waals surface area contributed by atoms with Gasteiger partial charge >= 0.3 is 0 Å². The van der Waals surface area contributed by atoms with Gasteiger partial charge in [0.05, 0.1) is 5.69 Å². The van der Waals surface area contributed by atoms with Crippen molar-refractivity contribution in [1.29, 1.82) is 0 Å². The summed E-state index contributed by atoms with van der Waals surface area (Å²) in [6, 6.07) is 5.87. The van der Waals surface area contributed by atoms with E-state index in [1.807, 2.05) is 30.6 Å². The Morgan fingerprint density at radius 2 is 2.11 bits per heavy atom. The average molecular weight is 255 g/mol. The Balaban J connectivity index is 1.87. The fourth-order valence-electron chi connectivity index (χ4n) is 2.22. The van der Waals surface area contributed by atoms with Crippen LogP contribution in [0, 0.1) is 0 Å². The van der Waals surface area contributed by atoms with E-state index in [1.165, 1.54) is 0 Å². The molecule has 0 spiro atoms. The first-order chi connectivity index (χ1) is 9.43. The zero-order valence-electron chi connectivity index (χ0n) is 10.8. The molecule has 5 nitrogen and oxygen atoms in total. The van der Waals surface area contributed by atoms with Crippen LogP contribution in [0.4, 0.5) is 5.95 Å². The Bertz CT molecular complexity index is 520. The molecule has 1 N–H and O–H groups in total. The van der Waals surface area contributed by atoms with Gasteiger partial charge in [0.15, 0.2) is 0 Å². The van der Waals surface area contributed by atoms with Crippen molar-refractivity contribution in [3.8, 4) is 11.3 Å². The second kappa shape index (κ2) is 5.75. The number of nitrogens with one attached hydrogen (secondary N) is 1. The molecule has 3 heterocycles. The first kappa shape index (κ1) is 12.0. The Morgan fingerprint density at radius 1 is 1.11 bits per heavy atom. The summed E-state index contributed by atoms with van der Waals surface area (Å²) >= 11 is 0. The van der Waals surface area contributed by atoms with Gasteiger partial charge in [0.1, 0.15) is 0 Å². The third kappa shape index (κ3) is 2.88. The van der Waals surface area contributed by atoms with E-state index in [1.54, 1.807) is 6.20 Å². The smallest absolute Gasteiger partial charge is 0.225 e. The molecular weight excluding hydrogens is 238 g/mol. The first-order valence-corrected chi connectivity index (χ1v) is 6.62. The van der Waals surface area contributed by atoms with Crippen molar-refractivity contribution in [2.45, 2.75) is 6.42 Å². The summed E-state index contributed by atoms with van der Waals surface area (Å²) in [6.45, 7) is 4.01. The van der Waals surface area contributed by atoms with Crippen LogP contribution in [-0.4, -0.2) is 41.1 Å². The lowest BCUT2D eigenvalue weighted by Crippen LogP contribution is -2.29. The lowest BCUT2D eigenvalue weighted by atomic mass is 10.2. The molecule has 0 aliphatic carbocycles. The highest BCUT2D eigenvalue weighted by molar-refractivity contribution is 5.58. The zero-order chi connectivity index (χ0) is 12.9. The quantitative estimate of drug-likeness (QED) is 0.877. The normalized spacial score (nSPS) is 16.1. The maximum Gasteiger partial charge on any atom is 0.225 e. The maximum atomic E-state index is 4.66. The van der Waals surface area contributed by atoms with Gasteiger partial charge in [-0.1, -0.05) is 0 Å². The Labute approximate surface area is 112 Å². The van der Waals surface area contributed by atoms with Crippen molar-refractivity contribution < 1.29 is 0 Å². The summed E-state index contributed by atoms with van der Waals surface area (Å²) in [5.41, 5.74) is 1.95. The van der Waals surface area contributed by atoms with Gasteiger partial charge in [0, 0.05) is 43.8 Å². The second-order valence-corrected chi connectivity index (χ2v) is 4.57. The van der Waals surface area contributed by atoms with E-state index >= 15 is 0 Å². The van der Waals surface area contributed by atoms with Crippen LogP contribution in [0.1, 0.15) is 6.42 Å². The van der Waals surface area contributed by atoms with Gasteiger partial charge < -0.3 is 10.2 Å². The predicted molar refractivity (Wildman–Crippen MR) is 75.0 cm³/mol. The summed E-state index contributed by atoms with van der Waals surface area (Å²) < 4.78 is 0. The van der Waals surface area contributed by atoms with Gasteiger partial charge in [0.25, 0.3) is 0 Å². The van der Waals surface area contributed by atoms with Crippen molar-refractivity contribution in [3.63, 3.8) is 0 Å². The first-order valence-electron chi connectivity index (χ1n) is 6.62. The molecule has 1 fully saturated rings. The Morgan fingerprint density at radius 3 is 3.00 bits per heavy atom. The van der Waals surface area contributed by atoms with Crippen LogP contribution < -0.4 is 10.2 Å². The predicted octanol–water partition coefficient (Wildman–Crippen LogP) is 1.34. The topological polar surface area (TPSA) is 53.9 Å². The van der Waals surface area contributed by atoms with Crippen molar-refractivity contribution in [3.05, 3.63) is 36.8 Å². The average Bonchev–Trinajstić information content (AvgIpc) is 2.77. The number of aromatic nitrogens is 3. The van der Waals surface area contributed by atoms with Gasteiger partial charge in [-0.05, 0) is 31.2 Å². The molecule has 98 valence electrons. The van der Waals surface area contributed by atoms with Gasteiger partial charge in [0.2, 0.25) is 5.95 Å². The molecule has 19 heavy (non-hydrogen) atoms. The van der Waals surface area contributed by atoms with Crippen LogP contribution >= 0.6 is 0 Å². The molecule has 1 aliphatic rings. The second-order valence-electron chi connectivity index (χ2n) is 4.57. The van der Waals surface area contributed by atoms with Gasteiger partial charge in [-0.25, -0.2) is 9.97 Å². The van der Waals surface area contributed by atoms with Crippen LogP contribution in [0.15, 0.2) is 36.8 Å². The van der Waals surface area contributed by atoms with Crippen LogP contribution in [0.25, 0.3) is 11.3 Å². The molecule has 0 radical (unpaired) electrons. The molecule has 0 saturated carbocycles. The number of anilines is 1. The lowest BCUT2D eigenvalue weighted by Gasteiger charge is -2.19. The highest BCUT2D eigenvalue weighted by Gasteiger charge is 2.12. The summed E-state index contributed by atoms with van der Waals surface area (Å²) in [5.74, 6) is 0.810. The number of rotatable bonds is 2. The molecule has 0 atom stereocenters. The van der Waals surface area contributed by atoms with Gasteiger partial charge in [-0.15, -0.1) is 0 Å². The maximum absolute atomic E-state index is 4.66. The molecule has 0 aromatic carbocycles. The molecule has 2 aromatic heterocycles. The number of hydrogen-bond acceptors (Lipinski definition) is 5. The number of hydrogen-bond donors (Lipinski definition) is 1. The molecule has 1 saturated heterocycles. The van der Waals surface area contributed by atoms with Crippen molar-refractivity contribution in [2.75, 3.05) is 31.1 Å². The summed E-state index contributed by atoms with van der Waals surface area (Å²) in [7, 11) is 0. The third-order valence-corrected chi connectivity index (χ3v) is 3.22. The highest BCUT2D eigenvalue weighted by Crippen LogP contribution is 2.18. The minimum Gasteiger partial charge on any atom is -0.339 e. The van der Waals surface area contributed by atoms with Gasteiger partial charge in [-0.2, -0.15) is 0 Å². The summed E-state index contributed by atoms with van der Waals surface area (Å²) in [6.07, 6.45) is 6.55. The van der Waals surface area contributed by atoms with Crippen LogP contribution in [0.3, 0.4) is 0 Å². The molecule has 2 aromatic rings. The third-order valence-electron chi connectivity index (χ3n) is 3.22. The zero-order valence-corrected chi connectivity index (χ0v) is 10.8. The van der Waals surface area contributed by atoms with E-state index in [-0.39, 0.29) is 0 Å². The SMILES string of the molecule is c1cncc(-c2ccnc(N3CCCNCC3)n2)c1. The van der Waals surface area contributed by atoms with E-state index in [9.17, 15) is 0 Å².